The van der Waals surface area contributed by atoms with Gasteiger partial charge in [0.15, 0.2) is 0 Å². The third-order valence-electron chi connectivity index (χ3n) is 2.69. The van der Waals surface area contributed by atoms with Crippen LogP contribution in [0.4, 0.5) is 8.78 Å². The average Bonchev–Trinajstić information content (AvgIpc) is 2.54. The topological polar surface area (TPSA) is 17.8 Å². The summed E-state index contributed by atoms with van der Waals surface area (Å²) in [6.45, 7) is 3.45. The summed E-state index contributed by atoms with van der Waals surface area (Å²) < 4.78 is 25.8. The number of alkyl halides is 2. The zero-order chi connectivity index (χ0) is 12.8. The number of hydrogen-bond donors (Lipinski definition) is 0. The molecule has 0 fully saturated rings. The Morgan fingerprint density at radius 1 is 1.29 bits per heavy atom. The van der Waals surface area contributed by atoms with E-state index in [0.29, 0.717) is 15.6 Å². The third kappa shape index (κ3) is 2.14. The van der Waals surface area contributed by atoms with E-state index < -0.39 is 6.55 Å². The maximum Gasteiger partial charge on any atom is 0.334 e. The molecular formula is C12H13ClF2N2. The molecule has 0 bridgehead atoms. The van der Waals surface area contributed by atoms with Gasteiger partial charge in [-0.1, -0.05) is 38.4 Å². The van der Waals surface area contributed by atoms with Crippen LogP contribution < -0.4 is 0 Å². The van der Waals surface area contributed by atoms with E-state index in [9.17, 15) is 8.78 Å². The summed E-state index contributed by atoms with van der Waals surface area (Å²) in [6, 6.07) is 5.44. The highest BCUT2D eigenvalue weighted by Gasteiger charge is 2.19. The van der Waals surface area contributed by atoms with Gasteiger partial charge in [-0.2, -0.15) is 18.6 Å². The molecule has 0 spiro atoms. The molecule has 0 aliphatic rings. The summed E-state index contributed by atoms with van der Waals surface area (Å²) in [5.74, 6) is 0. The fraction of sp³-hybridized carbons (Fsp3) is 0.417. The molecule has 0 N–H and O–H groups in total. The first-order chi connectivity index (χ1) is 7.80. The zero-order valence-corrected chi connectivity index (χ0v) is 10.6. The lowest BCUT2D eigenvalue weighted by atomic mass is 9.87. The van der Waals surface area contributed by atoms with Crippen molar-refractivity contribution in [3.8, 4) is 0 Å². The van der Waals surface area contributed by atoms with Gasteiger partial charge < -0.3 is 0 Å². The summed E-state index contributed by atoms with van der Waals surface area (Å²) in [5, 5.41) is 4.36. The number of rotatable bonds is 1. The Hall–Kier alpha value is -1.16. The van der Waals surface area contributed by atoms with Gasteiger partial charge in [-0.05, 0) is 23.1 Å². The van der Waals surface area contributed by atoms with Crippen LogP contribution in [0.3, 0.4) is 0 Å². The van der Waals surface area contributed by atoms with Gasteiger partial charge in [0.1, 0.15) is 5.15 Å². The van der Waals surface area contributed by atoms with Crippen LogP contribution in [-0.2, 0) is 5.41 Å². The Morgan fingerprint density at radius 3 is 2.47 bits per heavy atom. The third-order valence-corrected chi connectivity index (χ3v) is 3.06. The van der Waals surface area contributed by atoms with E-state index in [0.717, 1.165) is 5.56 Å². The molecular weight excluding hydrogens is 246 g/mol. The molecule has 0 unspecified atom stereocenters. The fourth-order valence-electron chi connectivity index (χ4n) is 1.67. The standard InChI is InChI=1S/C12H13ClF2N2/c1-12(2,3)7-4-5-8-9(6-7)16-17(10(8)13)11(14)15/h4-6,11H,1-3H3. The van der Waals surface area contributed by atoms with Crippen molar-refractivity contribution >= 4 is 22.5 Å². The van der Waals surface area contributed by atoms with E-state index in [2.05, 4.69) is 25.9 Å². The Bertz CT molecular complexity index is 555. The maximum atomic E-state index is 12.6. The Kier molecular flexibility index (Phi) is 2.86. The van der Waals surface area contributed by atoms with Gasteiger partial charge in [0, 0.05) is 5.39 Å². The van der Waals surface area contributed by atoms with Crippen molar-refractivity contribution in [3.05, 3.63) is 28.9 Å². The molecule has 0 atom stereocenters. The molecule has 0 saturated carbocycles. The Balaban J connectivity index is 2.64. The highest BCUT2D eigenvalue weighted by Crippen LogP contribution is 2.31. The smallest absolute Gasteiger partial charge is 0.191 e. The lowest BCUT2D eigenvalue weighted by Crippen LogP contribution is -2.10. The zero-order valence-electron chi connectivity index (χ0n) is 9.84. The van der Waals surface area contributed by atoms with Crippen LogP contribution in [0.1, 0.15) is 32.9 Å². The van der Waals surface area contributed by atoms with Crippen molar-refractivity contribution < 1.29 is 8.78 Å². The lowest BCUT2D eigenvalue weighted by Gasteiger charge is -2.18. The molecule has 2 nitrogen and oxygen atoms in total. The summed E-state index contributed by atoms with van der Waals surface area (Å²) in [6.07, 6.45) is 0. The van der Waals surface area contributed by atoms with E-state index in [1.54, 1.807) is 12.1 Å². The largest absolute Gasteiger partial charge is 0.334 e. The summed E-state index contributed by atoms with van der Waals surface area (Å²) in [4.78, 5) is 0. The summed E-state index contributed by atoms with van der Waals surface area (Å²) >= 11 is 5.84. The molecule has 0 aliphatic carbocycles. The molecule has 5 heteroatoms. The minimum Gasteiger partial charge on any atom is -0.191 e. The van der Waals surface area contributed by atoms with Gasteiger partial charge >= 0.3 is 6.55 Å². The minimum atomic E-state index is -2.71. The fourth-order valence-corrected chi connectivity index (χ4v) is 1.94. The number of aromatic nitrogens is 2. The first-order valence-corrected chi connectivity index (χ1v) is 5.65. The van der Waals surface area contributed by atoms with Crippen LogP contribution in [0.5, 0.6) is 0 Å². The number of fused-ring (bicyclic) bond motifs is 1. The highest BCUT2D eigenvalue weighted by atomic mass is 35.5. The molecule has 1 aromatic heterocycles. The highest BCUT2D eigenvalue weighted by molar-refractivity contribution is 6.34. The number of benzene rings is 1. The van der Waals surface area contributed by atoms with Gasteiger partial charge in [-0.15, -0.1) is 0 Å². The Labute approximate surface area is 103 Å². The second kappa shape index (κ2) is 3.95. The molecule has 0 amide bonds. The molecule has 0 aliphatic heterocycles. The monoisotopic (exact) mass is 258 g/mol. The SMILES string of the molecule is CC(C)(C)c1ccc2c(Cl)n(C(F)F)nc2c1. The van der Waals surface area contributed by atoms with Crippen molar-refractivity contribution in [2.45, 2.75) is 32.7 Å². The van der Waals surface area contributed by atoms with Crippen molar-refractivity contribution in [1.29, 1.82) is 0 Å². The average molecular weight is 259 g/mol. The molecule has 0 saturated heterocycles. The van der Waals surface area contributed by atoms with E-state index >= 15 is 0 Å². The predicted octanol–water partition coefficient (Wildman–Crippen LogP) is 4.38. The van der Waals surface area contributed by atoms with Crippen molar-refractivity contribution in [3.63, 3.8) is 0 Å². The predicted molar refractivity (Wildman–Crippen MR) is 64.7 cm³/mol. The van der Waals surface area contributed by atoms with E-state index in [1.807, 2.05) is 6.07 Å². The van der Waals surface area contributed by atoms with Crippen molar-refractivity contribution in [2.75, 3.05) is 0 Å². The normalized spacial score (nSPS) is 12.6. The number of hydrogen-bond acceptors (Lipinski definition) is 1. The molecule has 2 rings (SSSR count). The number of halogens is 3. The maximum absolute atomic E-state index is 12.6. The summed E-state index contributed by atoms with van der Waals surface area (Å²) in [5.41, 5.74) is 1.50. The van der Waals surface area contributed by atoms with Gasteiger partial charge in [0.25, 0.3) is 0 Å². The van der Waals surface area contributed by atoms with Crippen LogP contribution in [-0.4, -0.2) is 9.78 Å². The molecule has 2 aromatic rings. The quantitative estimate of drug-likeness (QED) is 0.742. The first-order valence-electron chi connectivity index (χ1n) is 5.27. The molecule has 17 heavy (non-hydrogen) atoms. The molecule has 0 radical (unpaired) electrons. The van der Waals surface area contributed by atoms with Gasteiger partial charge in [0.05, 0.1) is 5.52 Å². The first kappa shape index (κ1) is 12.3. The number of nitrogens with zero attached hydrogens (tertiary/aromatic N) is 2. The van der Waals surface area contributed by atoms with E-state index in [1.165, 1.54) is 0 Å². The Morgan fingerprint density at radius 2 is 1.94 bits per heavy atom. The lowest BCUT2D eigenvalue weighted by molar-refractivity contribution is 0.0577. The molecule has 92 valence electrons. The van der Waals surface area contributed by atoms with Gasteiger partial charge in [0.2, 0.25) is 0 Å². The van der Waals surface area contributed by atoms with Gasteiger partial charge in [-0.25, -0.2) is 0 Å². The van der Waals surface area contributed by atoms with Crippen LogP contribution in [0.2, 0.25) is 5.15 Å². The summed E-state index contributed by atoms with van der Waals surface area (Å²) in [7, 11) is 0. The van der Waals surface area contributed by atoms with Crippen LogP contribution >= 0.6 is 11.6 Å². The van der Waals surface area contributed by atoms with Crippen molar-refractivity contribution in [2.24, 2.45) is 0 Å². The van der Waals surface area contributed by atoms with E-state index in [-0.39, 0.29) is 10.6 Å². The molecule has 1 heterocycles. The van der Waals surface area contributed by atoms with E-state index in [4.69, 9.17) is 11.6 Å². The minimum absolute atomic E-state index is 0.0181. The second-order valence-electron chi connectivity index (χ2n) is 4.99. The second-order valence-corrected chi connectivity index (χ2v) is 5.35. The van der Waals surface area contributed by atoms with Crippen LogP contribution in [0, 0.1) is 0 Å². The van der Waals surface area contributed by atoms with Crippen LogP contribution in [0.25, 0.3) is 10.9 Å². The molecule has 1 aromatic carbocycles. The van der Waals surface area contributed by atoms with Gasteiger partial charge in [-0.3, -0.25) is 0 Å². The van der Waals surface area contributed by atoms with Crippen LogP contribution in [0.15, 0.2) is 18.2 Å². The van der Waals surface area contributed by atoms with Crippen molar-refractivity contribution in [1.82, 2.24) is 9.78 Å².